The Morgan fingerprint density at radius 1 is 1.69 bits per heavy atom. The molecule has 4 nitrogen and oxygen atoms in total. The van der Waals surface area contributed by atoms with E-state index in [1.807, 2.05) is 6.92 Å². The van der Waals surface area contributed by atoms with E-state index in [4.69, 9.17) is 4.74 Å². The Bertz CT molecular complexity index is 173. The molecule has 0 saturated carbocycles. The van der Waals surface area contributed by atoms with Crippen LogP contribution in [0.1, 0.15) is 13.3 Å². The second-order valence-electron chi connectivity index (χ2n) is 3.43. The number of carbonyl (C=O) groups is 1. The van der Waals surface area contributed by atoms with Crippen molar-refractivity contribution >= 4 is 5.97 Å². The van der Waals surface area contributed by atoms with Gasteiger partial charge in [0.2, 0.25) is 0 Å². The second kappa shape index (κ2) is 5.19. The van der Waals surface area contributed by atoms with Crippen molar-refractivity contribution in [2.45, 2.75) is 19.4 Å². The van der Waals surface area contributed by atoms with Gasteiger partial charge in [0.25, 0.3) is 0 Å². The van der Waals surface area contributed by atoms with Crippen molar-refractivity contribution in [1.82, 2.24) is 10.2 Å². The van der Waals surface area contributed by atoms with Crippen LogP contribution >= 0.6 is 0 Å². The van der Waals surface area contributed by atoms with E-state index < -0.39 is 0 Å². The number of ether oxygens (including phenoxy) is 1. The monoisotopic (exact) mass is 186 g/mol. The molecule has 1 N–H and O–H groups in total. The highest BCUT2D eigenvalue weighted by Gasteiger charge is 2.19. The molecular formula is C9H18N2O2. The van der Waals surface area contributed by atoms with Gasteiger partial charge in [-0.1, -0.05) is 0 Å². The zero-order chi connectivity index (χ0) is 9.68. The summed E-state index contributed by atoms with van der Waals surface area (Å²) in [6.45, 7) is 4.76. The van der Waals surface area contributed by atoms with Gasteiger partial charge in [0.1, 0.15) is 0 Å². The molecule has 76 valence electrons. The molecule has 0 radical (unpaired) electrons. The number of carbonyl (C=O) groups excluding carboxylic acids is 1. The average Bonchev–Trinajstić information content (AvgIpc) is 2.49. The zero-order valence-corrected chi connectivity index (χ0v) is 8.38. The van der Waals surface area contributed by atoms with E-state index in [1.165, 1.54) is 0 Å². The summed E-state index contributed by atoms with van der Waals surface area (Å²) in [4.78, 5) is 13.2. The number of nitrogens with zero attached hydrogens (tertiary/aromatic N) is 1. The van der Waals surface area contributed by atoms with Crippen LogP contribution in [-0.2, 0) is 9.53 Å². The van der Waals surface area contributed by atoms with Crippen LogP contribution in [0.3, 0.4) is 0 Å². The van der Waals surface area contributed by atoms with Gasteiger partial charge in [0, 0.05) is 12.6 Å². The smallest absolute Gasteiger partial charge is 0.319 e. The van der Waals surface area contributed by atoms with Crippen LogP contribution in [-0.4, -0.2) is 50.2 Å². The SMILES string of the molecule is CCOC(=O)CNC1CCN(C)C1. The molecule has 1 rings (SSSR count). The number of likely N-dealkylation sites (N-methyl/N-ethyl adjacent to an activating group) is 1. The molecule has 0 aromatic heterocycles. The number of esters is 1. The maximum absolute atomic E-state index is 11.0. The molecule has 0 aromatic rings. The summed E-state index contributed by atoms with van der Waals surface area (Å²) in [7, 11) is 2.09. The Hall–Kier alpha value is -0.610. The van der Waals surface area contributed by atoms with Crippen molar-refractivity contribution in [3.8, 4) is 0 Å². The van der Waals surface area contributed by atoms with Crippen LogP contribution < -0.4 is 5.32 Å². The minimum absolute atomic E-state index is 0.156. The van der Waals surface area contributed by atoms with Crippen LogP contribution in [0.5, 0.6) is 0 Å². The highest BCUT2D eigenvalue weighted by molar-refractivity contribution is 5.71. The molecule has 1 aliphatic heterocycles. The van der Waals surface area contributed by atoms with E-state index in [9.17, 15) is 4.79 Å². The van der Waals surface area contributed by atoms with Gasteiger partial charge >= 0.3 is 5.97 Å². The number of rotatable bonds is 4. The van der Waals surface area contributed by atoms with Gasteiger partial charge in [-0.2, -0.15) is 0 Å². The Morgan fingerprint density at radius 2 is 2.46 bits per heavy atom. The van der Waals surface area contributed by atoms with Gasteiger partial charge in [-0.05, 0) is 26.9 Å². The minimum Gasteiger partial charge on any atom is -0.465 e. The molecule has 1 saturated heterocycles. The first kappa shape index (κ1) is 10.5. The van der Waals surface area contributed by atoms with Crippen LogP contribution in [0, 0.1) is 0 Å². The Morgan fingerprint density at radius 3 is 3.00 bits per heavy atom. The van der Waals surface area contributed by atoms with Crippen LogP contribution in [0.2, 0.25) is 0 Å². The lowest BCUT2D eigenvalue weighted by molar-refractivity contribution is -0.142. The van der Waals surface area contributed by atoms with Crippen molar-refractivity contribution in [2.75, 3.05) is 33.3 Å². The summed E-state index contributed by atoms with van der Waals surface area (Å²) in [5.41, 5.74) is 0. The Balaban J connectivity index is 2.09. The molecule has 1 heterocycles. The standard InChI is InChI=1S/C9H18N2O2/c1-3-13-9(12)6-10-8-4-5-11(2)7-8/h8,10H,3-7H2,1-2H3. The highest BCUT2D eigenvalue weighted by Crippen LogP contribution is 2.05. The van der Waals surface area contributed by atoms with E-state index in [1.54, 1.807) is 0 Å². The van der Waals surface area contributed by atoms with Crippen LogP contribution in [0.15, 0.2) is 0 Å². The van der Waals surface area contributed by atoms with Gasteiger partial charge in [0.15, 0.2) is 0 Å². The first-order chi connectivity index (χ1) is 6.22. The predicted octanol–water partition coefficient (Wildman–Crippen LogP) is -0.157. The molecule has 0 spiro atoms. The number of hydrogen-bond donors (Lipinski definition) is 1. The highest BCUT2D eigenvalue weighted by atomic mass is 16.5. The van der Waals surface area contributed by atoms with Crippen molar-refractivity contribution in [3.63, 3.8) is 0 Å². The molecule has 0 aromatic carbocycles. The molecule has 0 aliphatic carbocycles. The fourth-order valence-corrected chi connectivity index (χ4v) is 1.54. The summed E-state index contributed by atoms with van der Waals surface area (Å²) in [5, 5.41) is 3.18. The van der Waals surface area contributed by atoms with Crippen molar-refractivity contribution in [1.29, 1.82) is 0 Å². The molecule has 13 heavy (non-hydrogen) atoms. The quantitative estimate of drug-likeness (QED) is 0.620. The van der Waals surface area contributed by atoms with Crippen molar-refractivity contribution < 1.29 is 9.53 Å². The van der Waals surface area contributed by atoms with Crippen molar-refractivity contribution in [3.05, 3.63) is 0 Å². The molecule has 1 unspecified atom stereocenters. The lowest BCUT2D eigenvalue weighted by atomic mass is 10.2. The van der Waals surface area contributed by atoms with Gasteiger partial charge in [-0.3, -0.25) is 4.79 Å². The summed E-state index contributed by atoms with van der Waals surface area (Å²) in [5.74, 6) is -0.156. The molecule has 1 aliphatic rings. The first-order valence-corrected chi connectivity index (χ1v) is 4.80. The van der Waals surface area contributed by atoms with Gasteiger partial charge in [-0.25, -0.2) is 0 Å². The third-order valence-corrected chi connectivity index (χ3v) is 2.23. The predicted molar refractivity (Wildman–Crippen MR) is 50.5 cm³/mol. The average molecular weight is 186 g/mol. The molecular weight excluding hydrogens is 168 g/mol. The normalized spacial score (nSPS) is 23.4. The van der Waals surface area contributed by atoms with E-state index in [2.05, 4.69) is 17.3 Å². The fourth-order valence-electron chi connectivity index (χ4n) is 1.54. The lowest BCUT2D eigenvalue weighted by Gasteiger charge is -2.11. The summed E-state index contributed by atoms with van der Waals surface area (Å²) in [6.07, 6.45) is 1.12. The topological polar surface area (TPSA) is 41.6 Å². The molecule has 0 amide bonds. The van der Waals surface area contributed by atoms with Crippen LogP contribution in [0.4, 0.5) is 0 Å². The summed E-state index contributed by atoms with van der Waals surface area (Å²) in [6, 6.07) is 0.453. The number of likely N-dealkylation sites (tertiary alicyclic amines) is 1. The third-order valence-electron chi connectivity index (χ3n) is 2.23. The van der Waals surface area contributed by atoms with Gasteiger partial charge < -0.3 is 15.0 Å². The number of nitrogens with one attached hydrogen (secondary N) is 1. The molecule has 1 fully saturated rings. The van der Waals surface area contributed by atoms with E-state index in [0.29, 0.717) is 19.2 Å². The molecule has 4 heteroatoms. The maximum atomic E-state index is 11.0. The van der Waals surface area contributed by atoms with Gasteiger partial charge in [-0.15, -0.1) is 0 Å². The van der Waals surface area contributed by atoms with Crippen molar-refractivity contribution in [2.24, 2.45) is 0 Å². The summed E-state index contributed by atoms with van der Waals surface area (Å²) < 4.78 is 4.81. The minimum atomic E-state index is -0.156. The maximum Gasteiger partial charge on any atom is 0.319 e. The van der Waals surface area contributed by atoms with Gasteiger partial charge in [0.05, 0.1) is 13.2 Å². The first-order valence-electron chi connectivity index (χ1n) is 4.80. The largest absolute Gasteiger partial charge is 0.465 e. The summed E-state index contributed by atoms with van der Waals surface area (Å²) >= 11 is 0. The molecule has 1 atom stereocenters. The second-order valence-corrected chi connectivity index (χ2v) is 3.43. The van der Waals surface area contributed by atoms with E-state index in [0.717, 1.165) is 19.5 Å². The molecule has 0 bridgehead atoms. The van der Waals surface area contributed by atoms with E-state index in [-0.39, 0.29) is 5.97 Å². The Labute approximate surface area is 79.2 Å². The lowest BCUT2D eigenvalue weighted by Crippen LogP contribution is -2.36. The van der Waals surface area contributed by atoms with E-state index >= 15 is 0 Å². The third kappa shape index (κ3) is 3.74. The Kier molecular flexibility index (Phi) is 4.18. The zero-order valence-electron chi connectivity index (χ0n) is 8.38. The fraction of sp³-hybridized carbons (Fsp3) is 0.889. The van der Waals surface area contributed by atoms with Crippen LogP contribution in [0.25, 0.3) is 0 Å². The number of hydrogen-bond acceptors (Lipinski definition) is 4.